The second-order valence-electron chi connectivity index (χ2n) is 4.79. The number of anilines is 1. The summed E-state index contributed by atoms with van der Waals surface area (Å²) < 4.78 is 0. The van der Waals surface area contributed by atoms with E-state index < -0.39 is 0 Å². The SMILES string of the molecule is Cc1nc(N(C)C(C)Cc2cccs2)ccc1CCl. The quantitative estimate of drug-likeness (QED) is 0.766. The molecule has 1 unspecified atom stereocenters. The number of thiophene rings is 1. The normalized spacial score (nSPS) is 12.4. The highest BCUT2D eigenvalue weighted by atomic mass is 35.5. The first-order chi connectivity index (χ1) is 9.11. The van der Waals surface area contributed by atoms with E-state index in [1.165, 1.54) is 4.88 Å². The van der Waals surface area contributed by atoms with E-state index in [9.17, 15) is 0 Å². The maximum absolute atomic E-state index is 5.87. The first-order valence-corrected chi connectivity index (χ1v) is 7.81. The molecule has 19 heavy (non-hydrogen) atoms. The lowest BCUT2D eigenvalue weighted by molar-refractivity contribution is 0.679. The van der Waals surface area contributed by atoms with Gasteiger partial charge in [0, 0.05) is 36.0 Å². The molecule has 0 aliphatic rings. The molecule has 0 saturated heterocycles. The number of halogens is 1. The third-order valence-corrected chi connectivity index (χ3v) is 4.61. The van der Waals surface area contributed by atoms with Gasteiger partial charge in [-0.3, -0.25) is 0 Å². The zero-order valence-electron chi connectivity index (χ0n) is 11.6. The Morgan fingerprint density at radius 1 is 1.37 bits per heavy atom. The number of aryl methyl sites for hydroxylation is 1. The molecule has 0 aromatic carbocycles. The van der Waals surface area contributed by atoms with Crippen LogP contribution in [0.5, 0.6) is 0 Å². The fourth-order valence-electron chi connectivity index (χ4n) is 2.00. The second-order valence-corrected chi connectivity index (χ2v) is 6.09. The third kappa shape index (κ3) is 3.48. The molecular weight excluding hydrogens is 276 g/mol. The zero-order valence-corrected chi connectivity index (χ0v) is 13.1. The van der Waals surface area contributed by atoms with Gasteiger partial charge in [-0.25, -0.2) is 4.98 Å². The number of nitrogens with zero attached hydrogens (tertiary/aromatic N) is 2. The molecule has 0 spiro atoms. The summed E-state index contributed by atoms with van der Waals surface area (Å²) in [5, 5.41) is 2.12. The van der Waals surface area contributed by atoms with Crippen molar-refractivity contribution >= 4 is 28.8 Å². The number of alkyl halides is 1. The summed E-state index contributed by atoms with van der Waals surface area (Å²) in [6, 6.07) is 8.83. The molecule has 0 saturated carbocycles. The lowest BCUT2D eigenvalue weighted by atomic mass is 10.1. The molecule has 2 nitrogen and oxygen atoms in total. The average molecular weight is 295 g/mol. The average Bonchev–Trinajstić information content (AvgIpc) is 2.90. The molecule has 0 aliphatic heterocycles. The van der Waals surface area contributed by atoms with Crippen molar-refractivity contribution in [2.45, 2.75) is 32.2 Å². The molecule has 1 atom stereocenters. The predicted molar refractivity (Wildman–Crippen MR) is 84.4 cm³/mol. The van der Waals surface area contributed by atoms with Gasteiger partial charge in [-0.2, -0.15) is 0 Å². The smallest absolute Gasteiger partial charge is 0.128 e. The molecule has 2 aromatic heterocycles. The molecule has 0 N–H and O–H groups in total. The molecule has 4 heteroatoms. The maximum Gasteiger partial charge on any atom is 0.128 e. The molecular formula is C15H19ClN2S. The highest BCUT2D eigenvalue weighted by Crippen LogP contribution is 2.20. The zero-order chi connectivity index (χ0) is 13.8. The summed E-state index contributed by atoms with van der Waals surface area (Å²) >= 11 is 7.68. The van der Waals surface area contributed by atoms with E-state index in [-0.39, 0.29) is 0 Å². The first-order valence-electron chi connectivity index (χ1n) is 6.39. The molecule has 2 rings (SSSR count). The van der Waals surface area contributed by atoms with E-state index in [0.29, 0.717) is 11.9 Å². The van der Waals surface area contributed by atoms with E-state index in [4.69, 9.17) is 11.6 Å². The second kappa shape index (κ2) is 6.40. The van der Waals surface area contributed by atoms with Crippen LogP contribution in [0.1, 0.15) is 23.1 Å². The van der Waals surface area contributed by atoms with Crippen molar-refractivity contribution in [2.24, 2.45) is 0 Å². The van der Waals surface area contributed by atoms with Crippen LogP contribution in [0.25, 0.3) is 0 Å². The summed E-state index contributed by atoms with van der Waals surface area (Å²) in [6.45, 7) is 4.24. The van der Waals surface area contributed by atoms with Gasteiger partial charge in [0.25, 0.3) is 0 Å². The monoisotopic (exact) mass is 294 g/mol. The highest BCUT2D eigenvalue weighted by Gasteiger charge is 2.13. The van der Waals surface area contributed by atoms with Gasteiger partial charge in [0.1, 0.15) is 5.82 Å². The van der Waals surface area contributed by atoms with Crippen molar-refractivity contribution in [2.75, 3.05) is 11.9 Å². The molecule has 0 aliphatic carbocycles. The van der Waals surface area contributed by atoms with Gasteiger partial charge in [0.15, 0.2) is 0 Å². The molecule has 0 bridgehead atoms. The molecule has 0 amide bonds. The van der Waals surface area contributed by atoms with Gasteiger partial charge in [-0.15, -0.1) is 22.9 Å². The van der Waals surface area contributed by atoms with Crippen molar-refractivity contribution in [3.8, 4) is 0 Å². The molecule has 0 radical (unpaired) electrons. The van der Waals surface area contributed by atoms with E-state index >= 15 is 0 Å². The van der Waals surface area contributed by atoms with Gasteiger partial charge < -0.3 is 4.90 Å². The van der Waals surface area contributed by atoms with Crippen molar-refractivity contribution in [3.63, 3.8) is 0 Å². The lowest BCUT2D eigenvalue weighted by Crippen LogP contribution is -2.31. The molecule has 0 fully saturated rings. The highest BCUT2D eigenvalue weighted by molar-refractivity contribution is 7.09. The Labute approximate surface area is 124 Å². The molecule has 102 valence electrons. The number of hydrogen-bond acceptors (Lipinski definition) is 3. The van der Waals surface area contributed by atoms with E-state index in [1.54, 1.807) is 0 Å². The minimum atomic E-state index is 0.424. The van der Waals surface area contributed by atoms with Crippen molar-refractivity contribution < 1.29 is 0 Å². The van der Waals surface area contributed by atoms with Crippen molar-refractivity contribution in [3.05, 3.63) is 45.8 Å². The minimum Gasteiger partial charge on any atom is -0.357 e. The van der Waals surface area contributed by atoms with Crippen LogP contribution in [0.2, 0.25) is 0 Å². The van der Waals surface area contributed by atoms with Crippen LogP contribution in [0.3, 0.4) is 0 Å². The van der Waals surface area contributed by atoms with E-state index in [2.05, 4.69) is 53.5 Å². The standard InChI is InChI=1S/C15H19ClN2S/c1-11(9-14-5-4-8-19-14)18(3)15-7-6-13(10-16)12(2)17-15/h4-8,11H,9-10H2,1-3H3. The van der Waals surface area contributed by atoms with E-state index in [0.717, 1.165) is 23.5 Å². The predicted octanol–water partition coefficient (Wildman–Crippen LogP) is 4.26. The van der Waals surface area contributed by atoms with Crippen LogP contribution in [0.4, 0.5) is 5.82 Å². The van der Waals surface area contributed by atoms with Crippen LogP contribution in [-0.2, 0) is 12.3 Å². The Morgan fingerprint density at radius 2 is 2.16 bits per heavy atom. The third-order valence-electron chi connectivity index (χ3n) is 3.42. The lowest BCUT2D eigenvalue weighted by Gasteiger charge is -2.26. The summed E-state index contributed by atoms with van der Waals surface area (Å²) in [6.07, 6.45) is 1.05. The van der Waals surface area contributed by atoms with Crippen LogP contribution in [-0.4, -0.2) is 18.1 Å². The summed E-state index contributed by atoms with van der Waals surface area (Å²) in [5.41, 5.74) is 2.12. The van der Waals surface area contributed by atoms with Gasteiger partial charge >= 0.3 is 0 Å². The fourth-order valence-corrected chi connectivity index (χ4v) is 3.11. The Hall–Kier alpha value is -1.06. The number of aromatic nitrogens is 1. The fraction of sp³-hybridized carbons (Fsp3) is 0.400. The summed E-state index contributed by atoms with van der Waals surface area (Å²) in [7, 11) is 2.10. The van der Waals surface area contributed by atoms with Crippen molar-refractivity contribution in [1.82, 2.24) is 4.98 Å². The van der Waals surface area contributed by atoms with Crippen LogP contribution < -0.4 is 4.90 Å². The molecule has 2 heterocycles. The minimum absolute atomic E-state index is 0.424. The Morgan fingerprint density at radius 3 is 2.74 bits per heavy atom. The largest absolute Gasteiger partial charge is 0.357 e. The van der Waals surface area contributed by atoms with Crippen LogP contribution in [0, 0.1) is 6.92 Å². The number of hydrogen-bond donors (Lipinski definition) is 0. The van der Waals surface area contributed by atoms with Crippen molar-refractivity contribution in [1.29, 1.82) is 0 Å². The summed E-state index contributed by atoms with van der Waals surface area (Å²) in [5.74, 6) is 1.53. The van der Waals surface area contributed by atoms with Gasteiger partial charge in [-0.1, -0.05) is 12.1 Å². The first kappa shape index (κ1) is 14.4. The topological polar surface area (TPSA) is 16.1 Å². The Balaban J connectivity index is 2.10. The maximum atomic E-state index is 5.87. The van der Waals surface area contributed by atoms with Crippen LogP contribution in [0.15, 0.2) is 29.6 Å². The Bertz CT molecular complexity index is 525. The number of likely N-dealkylation sites (N-methyl/N-ethyl adjacent to an activating group) is 1. The number of rotatable bonds is 5. The van der Waals surface area contributed by atoms with Gasteiger partial charge in [-0.05, 0) is 36.9 Å². The van der Waals surface area contributed by atoms with Gasteiger partial charge in [0.2, 0.25) is 0 Å². The van der Waals surface area contributed by atoms with Crippen LogP contribution >= 0.6 is 22.9 Å². The van der Waals surface area contributed by atoms with Gasteiger partial charge in [0.05, 0.1) is 0 Å². The summed E-state index contributed by atoms with van der Waals surface area (Å²) in [4.78, 5) is 8.28. The number of pyridine rings is 1. The Kier molecular flexibility index (Phi) is 4.83. The molecule has 2 aromatic rings. The van der Waals surface area contributed by atoms with E-state index in [1.807, 2.05) is 18.3 Å².